The van der Waals surface area contributed by atoms with Gasteiger partial charge in [0.1, 0.15) is 29.0 Å². The molecule has 3 saturated heterocycles. The molecule has 3 heterocycles. The van der Waals surface area contributed by atoms with Crippen LogP contribution in [-0.2, 0) is 14.4 Å². The average Bonchev–Trinajstić information content (AvgIpc) is 3.73. The fourth-order valence-corrected chi connectivity index (χ4v) is 5.80. The maximum Gasteiger partial charge on any atom is 0.247 e. The molecule has 236 valence electrons. The number of rotatable bonds is 10. The van der Waals surface area contributed by atoms with E-state index < -0.39 is 17.7 Å². The Hall–Kier alpha value is -4.24. The van der Waals surface area contributed by atoms with Crippen LogP contribution in [0, 0.1) is 17.0 Å². The molecule has 0 saturated carbocycles. The van der Waals surface area contributed by atoms with Crippen LogP contribution < -0.4 is 31.5 Å². The van der Waals surface area contributed by atoms with Crippen molar-refractivity contribution < 1.29 is 27.9 Å². The van der Waals surface area contributed by atoms with Gasteiger partial charge in [-0.05, 0) is 36.8 Å². The zero-order valence-corrected chi connectivity index (χ0v) is 24.6. The Morgan fingerprint density at radius 1 is 1.11 bits per heavy atom. The lowest BCUT2D eigenvalue weighted by Gasteiger charge is -2.32. The quantitative estimate of drug-likeness (QED) is 0.0894. The molecule has 1 amide bonds. The third-order valence-corrected chi connectivity index (χ3v) is 7.99. The van der Waals surface area contributed by atoms with E-state index in [4.69, 9.17) is 25.6 Å². The van der Waals surface area contributed by atoms with Crippen molar-refractivity contribution in [2.45, 2.75) is 24.9 Å². The zero-order valence-electron chi connectivity index (χ0n) is 24.6. The molecule has 14 heteroatoms. The number of methoxy groups -OCH3 is 1. The number of morpholine rings is 1. The number of hydrazine groups is 1. The van der Waals surface area contributed by atoms with E-state index in [1.54, 1.807) is 6.07 Å². The molecule has 0 spiro atoms. The molecule has 0 aromatic heterocycles. The average molecular weight is 613 g/mol. The van der Waals surface area contributed by atoms with Crippen LogP contribution in [0.2, 0.25) is 0 Å². The highest BCUT2D eigenvalue weighted by Crippen LogP contribution is 2.40. The maximum absolute atomic E-state index is 14.5. The van der Waals surface area contributed by atoms with Gasteiger partial charge in [0.05, 0.1) is 50.0 Å². The van der Waals surface area contributed by atoms with Crippen molar-refractivity contribution in [3.05, 3.63) is 72.1 Å². The predicted molar refractivity (Wildman–Crippen MR) is 163 cm³/mol. The summed E-state index contributed by atoms with van der Waals surface area (Å²) >= 11 is 0. The van der Waals surface area contributed by atoms with Gasteiger partial charge >= 0.3 is 0 Å². The Bertz CT molecular complexity index is 1420. The summed E-state index contributed by atoms with van der Waals surface area (Å²) in [5.74, 6) is 4.77. The lowest BCUT2D eigenvalue weighted by Crippen LogP contribution is -2.44. The number of nitrogens with zero attached hydrogens (tertiary/aromatic N) is 3. The lowest BCUT2D eigenvalue weighted by atomic mass is 10.0. The Labute approximate surface area is 254 Å². The molecule has 12 nitrogen and oxygen atoms in total. The molecule has 6 N–H and O–H groups in total. The highest BCUT2D eigenvalue weighted by molar-refractivity contribution is 6.02. The molecule has 2 aromatic carbocycles. The Kier molecular flexibility index (Phi) is 9.95. The van der Waals surface area contributed by atoms with Gasteiger partial charge < -0.3 is 30.4 Å². The van der Waals surface area contributed by atoms with Crippen LogP contribution in [0.25, 0.3) is 0 Å². The van der Waals surface area contributed by atoms with Gasteiger partial charge in [-0.15, -0.1) is 0 Å². The van der Waals surface area contributed by atoms with Crippen LogP contribution in [-0.4, -0.2) is 80.9 Å². The van der Waals surface area contributed by atoms with E-state index in [2.05, 4.69) is 32.4 Å². The van der Waals surface area contributed by atoms with Gasteiger partial charge in [-0.1, -0.05) is 6.58 Å². The third-order valence-electron chi connectivity index (χ3n) is 7.99. The van der Waals surface area contributed by atoms with Crippen molar-refractivity contribution >= 4 is 28.8 Å². The molecule has 5 rings (SSSR count). The van der Waals surface area contributed by atoms with E-state index in [1.165, 1.54) is 24.3 Å². The van der Waals surface area contributed by atoms with Gasteiger partial charge in [-0.3, -0.25) is 19.9 Å². The van der Waals surface area contributed by atoms with E-state index in [0.29, 0.717) is 29.6 Å². The molecule has 3 aliphatic rings. The van der Waals surface area contributed by atoms with Crippen LogP contribution in [0.15, 0.2) is 54.9 Å². The highest BCUT2D eigenvalue weighted by atomic mass is 19.1. The molecule has 2 aromatic rings. The van der Waals surface area contributed by atoms with Crippen molar-refractivity contribution in [2.75, 3.05) is 68.6 Å². The standard InChI is InChI=1S/C30H38F2N8O4/c1-3-30(41)36-23-15-24(27(42-2)16-26(23)39-8-6-20(18-39)38-9-12-43-13-10-38)35-29(37-34)17-28(33)40-25(7-11-44-40)21-14-19(31)4-5-22(21)32/h3-5,14-17,20,25,33,35,37H,1,6-13,18,34H2,2H3,(H,36,41)/b29-17-,33-28?/t20-,25+/m0/s1. The minimum Gasteiger partial charge on any atom is -0.494 e. The second-order valence-electron chi connectivity index (χ2n) is 10.6. The Morgan fingerprint density at radius 3 is 2.64 bits per heavy atom. The Morgan fingerprint density at radius 2 is 1.91 bits per heavy atom. The lowest BCUT2D eigenvalue weighted by molar-refractivity contribution is -0.111. The van der Waals surface area contributed by atoms with Crippen LogP contribution in [0.3, 0.4) is 0 Å². The maximum atomic E-state index is 14.5. The molecule has 0 aliphatic carbocycles. The second kappa shape index (κ2) is 14.0. The first-order valence-electron chi connectivity index (χ1n) is 14.4. The van der Waals surface area contributed by atoms with Crippen LogP contribution in [0.4, 0.5) is 25.8 Å². The van der Waals surface area contributed by atoms with Crippen molar-refractivity contribution in [1.29, 1.82) is 5.41 Å². The van der Waals surface area contributed by atoms with Crippen molar-refractivity contribution in [2.24, 2.45) is 5.84 Å². The normalized spacial score (nSPS) is 20.9. The number of carbonyl (C=O) groups is 1. The van der Waals surface area contributed by atoms with Gasteiger partial charge in [0, 0.05) is 56.3 Å². The first kappa shape index (κ1) is 31.2. The molecule has 3 fully saturated rings. The van der Waals surface area contributed by atoms with Gasteiger partial charge in [-0.25, -0.2) is 19.7 Å². The number of amidine groups is 1. The largest absolute Gasteiger partial charge is 0.494 e. The summed E-state index contributed by atoms with van der Waals surface area (Å²) in [6, 6.07) is 6.43. The van der Waals surface area contributed by atoms with E-state index in [1.807, 2.05) is 6.07 Å². The molecule has 0 bridgehead atoms. The molecular formula is C30H38F2N8O4. The monoisotopic (exact) mass is 612 g/mol. The molecule has 0 unspecified atom stereocenters. The fraction of sp³-hybridized carbons (Fsp3) is 0.400. The topological polar surface area (TPSA) is 140 Å². The van der Waals surface area contributed by atoms with Crippen LogP contribution in [0.1, 0.15) is 24.4 Å². The number of amides is 1. The first-order valence-corrected chi connectivity index (χ1v) is 14.4. The summed E-state index contributed by atoms with van der Waals surface area (Å²) < 4.78 is 39.6. The van der Waals surface area contributed by atoms with Crippen molar-refractivity contribution in [3.8, 4) is 5.75 Å². The minimum atomic E-state index is -0.704. The molecule has 2 atom stereocenters. The van der Waals surface area contributed by atoms with Crippen molar-refractivity contribution in [3.63, 3.8) is 0 Å². The molecular weight excluding hydrogens is 574 g/mol. The number of hydrogen-bond donors (Lipinski definition) is 5. The number of halogens is 2. The molecule has 44 heavy (non-hydrogen) atoms. The first-order chi connectivity index (χ1) is 21.3. The summed E-state index contributed by atoms with van der Waals surface area (Å²) in [5, 5.41) is 15.9. The Balaban J connectivity index is 1.39. The minimum absolute atomic E-state index is 0.0912. The number of benzene rings is 2. The number of hydrogen-bond acceptors (Lipinski definition) is 10. The number of carbonyl (C=O) groups excluding carboxylic acids is 1. The summed E-state index contributed by atoms with van der Waals surface area (Å²) in [6.45, 7) is 8.60. The van der Waals surface area contributed by atoms with Crippen LogP contribution in [0.5, 0.6) is 5.75 Å². The van der Waals surface area contributed by atoms with Crippen molar-refractivity contribution in [1.82, 2.24) is 15.4 Å². The molecule has 0 radical (unpaired) electrons. The van der Waals surface area contributed by atoms with E-state index >= 15 is 0 Å². The number of ether oxygens (including phenoxy) is 2. The smallest absolute Gasteiger partial charge is 0.247 e. The number of nitrogens with two attached hydrogens (primary N) is 1. The molecule has 3 aliphatic heterocycles. The van der Waals surface area contributed by atoms with E-state index in [0.717, 1.165) is 69.7 Å². The predicted octanol–water partition coefficient (Wildman–Crippen LogP) is 3.08. The highest BCUT2D eigenvalue weighted by Gasteiger charge is 2.33. The number of nitrogens with one attached hydrogen (secondary N) is 4. The number of anilines is 3. The SMILES string of the molecule is C=CC(=O)Nc1cc(N/C(=C/C(=N)N2OCC[C@@H]2c2cc(F)ccc2F)NN)c(OC)cc1N1CC[C@H](N2CCOCC2)C1. The van der Waals surface area contributed by atoms with Gasteiger partial charge in [0.2, 0.25) is 5.91 Å². The summed E-state index contributed by atoms with van der Waals surface area (Å²) in [5.41, 5.74) is 4.40. The summed E-state index contributed by atoms with van der Waals surface area (Å²) in [7, 11) is 1.53. The summed E-state index contributed by atoms with van der Waals surface area (Å²) in [4.78, 5) is 22.7. The second-order valence-corrected chi connectivity index (χ2v) is 10.6. The fourth-order valence-electron chi connectivity index (χ4n) is 5.80. The van der Waals surface area contributed by atoms with Gasteiger partial charge in [-0.2, -0.15) is 0 Å². The van der Waals surface area contributed by atoms with Crippen LogP contribution >= 0.6 is 0 Å². The zero-order chi connectivity index (χ0) is 31.2. The third kappa shape index (κ3) is 6.94. The van der Waals surface area contributed by atoms with E-state index in [-0.39, 0.29) is 29.7 Å². The summed E-state index contributed by atoms with van der Waals surface area (Å²) in [6.07, 6.45) is 3.89. The number of hydroxylamine groups is 2. The van der Waals surface area contributed by atoms with Gasteiger partial charge in [0.15, 0.2) is 0 Å². The van der Waals surface area contributed by atoms with Gasteiger partial charge in [0.25, 0.3) is 0 Å². The van der Waals surface area contributed by atoms with E-state index in [9.17, 15) is 13.6 Å².